The lowest BCUT2D eigenvalue weighted by atomic mass is 9.82. The van der Waals surface area contributed by atoms with Gasteiger partial charge in [0.25, 0.3) is 0 Å². The van der Waals surface area contributed by atoms with E-state index in [9.17, 15) is 8.42 Å². The highest BCUT2D eigenvalue weighted by Gasteiger charge is 2.48. The highest BCUT2D eigenvalue weighted by Crippen LogP contribution is 2.42. The van der Waals surface area contributed by atoms with E-state index < -0.39 is 10.0 Å². The van der Waals surface area contributed by atoms with Crippen LogP contribution in [0.25, 0.3) is 0 Å². The number of rotatable bonds is 7. The maximum Gasteiger partial charge on any atom is 0.208 e. The first-order valence-electron chi connectivity index (χ1n) is 12.3. The molecule has 3 aliphatic rings. The van der Waals surface area contributed by atoms with E-state index in [-0.39, 0.29) is 24.1 Å². The third kappa shape index (κ3) is 5.26. The summed E-state index contributed by atoms with van der Waals surface area (Å²) in [7, 11) is -3.28. The van der Waals surface area contributed by atoms with E-state index in [0.717, 1.165) is 50.8 Å². The zero-order valence-corrected chi connectivity index (χ0v) is 20.2. The molecule has 3 heterocycles. The van der Waals surface area contributed by atoms with Crippen molar-refractivity contribution in [3.05, 3.63) is 60.3 Å². The van der Waals surface area contributed by atoms with Gasteiger partial charge in [0.1, 0.15) is 5.82 Å². The molecule has 4 atom stereocenters. The fraction of sp³-hybridized carbons (Fsp3) is 0.577. The molecule has 178 valence electrons. The first-order valence-corrected chi connectivity index (χ1v) is 14.2. The highest BCUT2D eigenvalue weighted by molar-refractivity contribution is 7.88. The van der Waals surface area contributed by atoms with Crippen LogP contribution in [0.15, 0.2) is 54.7 Å². The van der Waals surface area contributed by atoms with Gasteiger partial charge in [-0.1, -0.05) is 36.4 Å². The van der Waals surface area contributed by atoms with Crippen molar-refractivity contribution in [1.82, 2.24) is 9.71 Å². The van der Waals surface area contributed by atoms with Gasteiger partial charge in [0, 0.05) is 30.2 Å². The van der Waals surface area contributed by atoms with Crippen molar-refractivity contribution in [2.45, 2.75) is 75.1 Å². The Morgan fingerprint density at radius 3 is 2.45 bits per heavy atom. The van der Waals surface area contributed by atoms with Gasteiger partial charge in [-0.2, -0.15) is 0 Å². The van der Waals surface area contributed by atoms with Gasteiger partial charge in [-0.3, -0.25) is 0 Å². The number of hydrogen-bond acceptors (Lipinski definition) is 5. The second-order valence-corrected chi connectivity index (χ2v) is 11.8. The third-order valence-electron chi connectivity index (χ3n) is 7.83. The van der Waals surface area contributed by atoms with Crippen molar-refractivity contribution < 1.29 is 13.2 Å². The quantitative estimate of drug-likeness (QED) is 0.661. The highest BCUT2D eigenvalue weighted by atomic mass is 32.2. The molecule has 2 bridgehead atoms. The van der Waals surface area contributed by atoms with E-state index in [1.807, 2.05) is 18.3 Å². The van der Waals surface area contributed by atoms with E-state index in [1.54, 1.807) is 0 Å². The van der Waals surface area contributed by atoms with Gasteiger partial charge in [-0.25, -0.2) is 18.1 Å². The number of sulfonamides is 1. The van der Waals surface area contributed by atoms with Crippen molar-refractivity contribution in [2.24, 2.45) is 5.92 Å². The molecule has 2 saturated heterocycles. The zero-order chi connectivity index (χ0) is 22.8. The SMILES string of the molecule is CS(=O)(=O)N[C@H]1C[C@H]2CC[C@@H](C1COC1CCC(c3ccccc3)CC1)N2c1ccccn1. The van der Waals surface area contributed by atoms with Crippen LogP contribution in [0.4, 0.5) is 5.82 Å². The summed E-state index contributed by atoms with van der Waals surface area (Å²) in [5.41, 5.74) is 1.43. The number of anilines is 1. The zero-order valence-electron chi connectivity index (χ0n) is 19.3. The number of ether oxygens (including phenoxy) is 1. The summed E-state index contributed by atoms with van der Waals surface area (Å²) in [6.45, 7) is 0.592. The number of benzene rings is 1. The largest absolute Gasteiger partial charge is 0.378 e. The third-order valence-corrected chi connectivity index (χ3v) is 8.56. The summed E-state index contributed by atoms with van der Waals surface area (Å²) in [6.07, 6.45) is 10.7. The van der Waals surface area contributed by atoms with Gasteiger partial charge >= 0.3 is 0 Å². The number of aromatic nitrogens is 1. The lowest BCUT2D eigenvalue weighted by molar-refractivity contribution is -0.00899. The van der Waals surface area contributed by atoms with E-state index >= 15 is 0 Å². The summed E-state index contributed by atoms with van der Waals surface area (Å²) in [5, 5.41) is 0. The Morgan fingerprint density at radius 2 is 1.76 bits per heavy atom. The molecule has 1 N–H and O–H groups in total. The van der Waals surface area contributed by atoms with Gasteiger partial charge < -0.3 is 9.64 Å². The van der Waals surface area contributed by atoms with Crippen LogP contribution < -0.4 is 9.62 Å². The Bertz CT molecular complexity index is 1010. The number of piperidine rings is 1. The second-order valence-electron chi connectivity index (χ2n) is 10.0. The minimum atomic E-state index is -3.28. The number of pyridine rings is 1. The second kappa shape index (κ2) is 9.72. The van der Waals surface area contributed by atoms with E-state index in [4.69, 9.17) is 4.74 Å². The molecule has 33 heavy (non-hydrogen) atoms. The summed E-state index contributed by atoms with van der Waals surface area (Å²) in [5.74, 6) is 1.74. The average Bonchev–Trinajstić information content (AvgIpc) is 3.15. The molecule has 1 saturated carbocycles. The molecule has 0 spiro atoms. The molecular formula is C26H35N3O3S. The molecule has 1 unspecified atom stereocenters. The molecule has 6 nitrogen and oxygen atoms in total. The van der Waals surface area contributed by atoms with Crippen molar-refractivity contribution in [1.29, 1.82) is 0 Å². The standard InChI is InChI=1S/C26H35N3O3S/c1-33(30,31)28-24-17-21-12-15-25(29(21)26-9-5-6-16-27-26)23(24)18-32-22-13-10-20(11-14-22)19-7-3-2-4-8-19/h2-9,16,20-25,28H,10-15,17-18H2,1H3/t20?,21-,22?,23?,24+,25+/m1/s1. The van der Waals surface area contributed by atoms with Crippen molar-refractivity contribution in [3.63, 3.8) is 0 Å². The first kappa shape index (κ1) is 22.8. The van der Waals surface area contributed by atoms with Crippen molar-refractivity contribution in [2.75, 3.05) is 17.8 Å². The van der Waals surface area contributed by atoms with Gasteiger partial charge in [0.2, 0.25) is 10.0 Å². The Hall–Kier alpha value is -1.96. The molecule has 5 rings (SSSR count). The Kier molecular flexibility index (Phi) is 6.72. The summed E-state index contributed by atoms with van der Waals surface area (Å²) in [4.78, 5) is 7.04. The first-order chi connectivity index (χ1) is 16.0. The predicted molar refractivity (Wildman–Crippen MR) is 131 cm³/mol. The van der Waals surface area contributed by atoms with E-state index in [0.29, 0.717) is 18.6 Å². The monoisotopic (exact) mass is 469 g/mol. The molecule has 7 heteroatoms. The molecule has 1 aromatic carbocycles. The van der Waals surface area contributed by atoms with Gasteiger partial charge in [-0.15, -0.1) is 0 Å². The molecule has 0 amide bonds. The van der Waals surface area contributed by atoms with Crippen LogP contribution in [-0.2, 0) is 14.8 Å². The van der Waals surface area contributed by atoms with Crippen LogP contribution in [0.1, 0.15) is 56.4 Å². The normalized spacial score (nSPS) is 32.1. The molecule has 0 radical (unpaired) electrons. The van der Waals surface area contributed by atoms with E-state index in [1.165, 1.54) is 11.8 Å². The smallest absolute Gasteiger partial charge is 0.208 e. The van der Waals surface area contributed by atoms with Crippen molar-refractivity contribution in [3.8, 4) is 0 Å². The van der Waals surface area contributed by atoms with Crippen molar-refractivity contribution >= 4 is 15.8 Å². The topological polar surface area (TPSA) is 71.5 Å². The molecular weight excluding hydrogens is 434 g/mol. The van der Waals surface area contributed by atoms with Crippen LogP contribution in [0, 0.1) is 5.92 Å². The maximum atomic E-state index is 12.1. The van der Waals surface area contributed by atoms with Crippen LogP contribution in [0.3, 0.4) is 0 Å². The molecule has 2 aliphatic heterocycles. The van der Waals surface area contributed by atoms with Gasteiger partial charge in [-0.05, 0) is 68.6 Å². The molecule has 3 fully saturated rings. The molecule has 1 aromatic heterocycles. The van der Waals surface area contributed by atoms with E-state index in [2.05, 4.69) is 51.0 Å². The summed E-state index contributed by atoms with van der Waals surface area (Å²) in [6, 6.07) is 17.3. The minimum absolute atomic E-state index is 0.0851. The van der Waals surface area contributed by atoms with Gasteiger partial charge in [0.05, 0.1) is 19.0 Å². The average molecular weight is 470 g/mol. The maximum absolute atomic E-state index is 12.1. The number of hydrogen-bond donors (Lipinski definition) is 1. The molecule has 2 aromatic rings. The minimum Gasteiger partial charge on any atom is -0.378 e. The Balaban J connectivity index is 1.26. The summed E-state index contributed by atoms with van der Waals surface area (Å²) >= 11 is 0. The Labute approximate surface area is 197 Å². The number of fused-ring (bicyclic) bond motifs is 2. The van der Waals surface area contributed by atoms with Crippen LogP contribution >= 0.6 is 0 Å². The van der Waals surface area contributed by atoms with Crippen LogP contribution in [-0.4, -0.2) is 50.5 Å². The van der Waals surface area contributed by atoms with Crippen LogP contribution in [0.2, 0.25) is 0 Å². The predicted octanol–water partition coefficient (Wildman–Crippen LogP) is 4.10. The fourth-order valence-electron chi connectivity index (χ4n) is 6.34. The number of nitrogens with zero attached hydrogens (tertiary/aromatic N) is 2. The molecule has 1 aliphatic carbocycles. The lowest BCUT2D eigenvalue weighted by Gasteiger charge is -2.45. The summed E-state index contributed by atoms with van der Waals surface area (Å²) < 4.78 is 33.7. The Morgan fingerprint density at radius 1 is 1.00 bits per heavy atom. The fourth-order valence-corrected chi connectivity index (χ4v) is 7.16. The lowest BCUT2D eigenvalue weighted by Crippen LogP contribution is -2.58. The van der Waals surface area contributed by atoms with Gasteiger partial charge in [0.15, 0.2) is 0 Å². The van der Waals surface area contributed by atoms with Crippen LogP contribution in [0.5, 0.6) is 0 Å². The number of nitrogens with one attached hydrogen (secondary N) is 1.